The largest absolute Gasteiger partial charge is 0.388 e. The molecule has 0 atom stereocenters. The van der Waals surface area contributed by atoms with Crippen molar-refractivity contribution in [3.05, 3.63) is 12.7 Å². The fourth-order valence-corrected chi connectivity index (χ4v) is 5.51. The summed E-state index contributed by atoms with van der Waals surface area (Å²) in [4.78, 5) is 0. The first kappa shape index (κ1) is 23.7. The first-order valence-corrected chi connectivity index (χ1v) is 13.4. The van der Waals surface area contributed by atoms with Crippen molar-refractivity contribution >= 4 is 8.07 Å². The van der Waals surface area contributed by atoms with E-state index in [2.05, 4.69) is 19.7 Å². The molecule has 0 aromatic heterocycles. The first-order valence-electron chi connectivity index (χ1n) is 9.94. The lowest BCUT2D eigenvalue weighted by molar-refractivity contribution is -0.130. The van der Waals surface area contributed by atoms with E-state index in [0.717, 1.165) is 18.9 Å². The molecule has 0 unspecified atom stereocenters. The average Bonchev–Trinajstić information content (AvgIpc) is 2.49. The quantitative estimate of drug-likeness (QED) is 0.146. The Morgan fingerprint density at radius 1 is 0.708 bits per heavy atom. The van der Waals surface area contributed by atoms with Crippen molar-refractivity contribution in [3.63, 3.8) is 0 Å². The molecule has 0 nitrogen and oxygen atoms in total. The Balaban J connectivity index is 3.34. The van der Waals surface area contributed by atoms with Crippen molar-refractivity contribution in [2.75, 3.05) is 0 Å². The molecule has 0 saturated heterocycles. The van der Waals surface area contributed by atoms with Gasteiger partial charge in [0.15, 0.2) is 0 Å². The molecule has 0 bridgehead atoms. The van der Waals surface area contributed by atoms with Crippen LogP contribution in [0.1, 0.15) is 83.5 Å². The number of unbranched alkanes of at least 4 members (excludes halogenated alkanes) is 11. The van der Waals surface area contributed by atoms with Crippen molar-refractivity contribution in [2.45, 2.75) is 115 Å². The fraction of sp³-hybridized carbons (Fsp3) is 0.900. The molecule has 24 heavy (non-hydrogen) atoms. The summed E-state index contributed by atoms with van der Waals surface area (Å²) in [5.41, 5.74) is 0. The second-order valence-electron chi connectivity index (χ2n) is 8.00. The van der Waals surface area contributed by atoms with Gasteiger partial charge in [0.05, 0.1) is 0 Å². The van der Waals surface area contributed by atoms with E-state index in [9.17, 15) is 13.2 Å². The van der Waals surface area contributed by atoms with Crippen molar-refractivity contribution < 1.29 is 13.2 Å². The molecular formula is C20H39F3Si. The predicted molar refractivity (Wildman–Crippen MR) is 103 cm³/mol. The van der Waals surface area contributed by atoms with Crippen LogP contribution >= 0.6 is 0 Å². The summed E-state index contributed by atoms with van der Waals surface area (Å²) in [6.07, 6.45) is 12.8. The third-order valence-corrected chi connectivity index (χ3v) is 8.16. The highest BCUT2D eigenvalue weighted by molar-refractivity contribution is 6.77. The maximum absolute atomic E-state index is 12.3. The van der Waals surface area contributed by atoms with Crippen LogP contribution in [0.4, 0.5) is 13.2 Å². The van der Waals surface area contributed by atoms with Crippen molar-refractivity contribution in [1.29, 1.82) is 0 Å². The molecule has 0 spiro atoms. The summed E-state index contributed by atoms with van der Waals surface area (Å²) in [5, 5.41) is 0. The number of hydrogen-bond donors (Lipinski definition) is 0. The minimum absolute atomic E-state index is 0.392. The molecule has 0 aliphatic heterocycles. The Kier molecular flexibility index (Phi) is 13.8. The van der Waals surface area contributed by atoms with Gasteiger partial charge in [-0.05, 0) is 18.9 Å². The lowest BCUT2D eigenvalue weighted by atomic mass is 10.1. The van der Waals surface area contributed by atoms with Gasteiger partial charge in [-0.25, -0.2) is 0 Å². The van der Waals surface area contributed by atoms with Gasteiger partial charge in [0.25, 0.3) is 0 Å². The van der Waals surface area contributed by atoms with E-state index >= 15 is 0 Å². The van der Waals surface area contributed by atoms with E-state index in [0.29, 0.717) is 6.04 Å². The molecular weight excluding hydrogens is 325 g/mol. The van der Waals surface area contributed by atoms with Crippen LogP contribution in [-0.4, -0.2) is 14.3 Å². The van der Waals surface area contributed by atoms with Gasteiger partial charge in [-0.3, -0.25) is 0 Å². The van der Waals surface area contributed by atoms with Crippen molar-refractivity contribution in [1.82, 2.24) is 0 Å². The fourth-order valence-electron chi connectivity index (χ4n) is 3.09. The number of allylic oxidation sites excluding steroid dienone is 1. The van der Waals surface area contributed by atoms with Gasteiger partial charge in [0, 0.05) is 14.5 Å². The third-order valence-electron chi connectivity index (χ3n) is 4.85. The summed E-state index contributed by atoms with van der Waals surface area (Å²) >= 11 is 0. The lowest BCUT2D eigenvalue weighted by Crippen LogP contribution is -2.27. The van der Waals surface area contributed by atoms with Crippen LogP contribution < -0.4 is 0 Å². The minimum atomic E-state index is -3.98. The molecule has 0 saturated carbocycles. The Morgan fingerprint density at radius 2 is 1.12 bits per heavy atom. The molecule has 0 aliphatic rings. The summed E-state index contributed by atoms with van der Waals surface area (Å²) in [5.74, 6) is 0. The Hall–Kier alpha value is -0.253. The predicted octanol–water partition coefficient (Wildman–Crippen LogP) is 8.51. The second-order valence-corrected chi connectivity index (χ2v) is 13.3. The topological polar surface area (TPSA) is 0 Å². The molecule has 0 radical (unpaired) electrons. The monoisotopic (exact) mass is 364 g/mol. The number of rotatable bonds is 16. The van der Waals surface area contributed by atoms with Crippen LogP contribution in [0, 0.1) is 0 Å². The van der Waals surface area contributed by atoms with E-state index in [-0.39, 0.29) is 0 Å². The Labute approximate surface area is 149 Å². The molecule has 0 amide bonds. The highest BCUT2D eigenvalue weighted by Gasteiger charge is 2.31. The van der Waals surface area contributed by atoms with Gasteiger partial charge in [-0.2, -0.15) is 13.2 Å². The number of alkyl halides is 3. The normalized spacial score (nSPS) is 12.5. The van der Waals surface area contributed by atoms with Gasteiger partial charge in [-0.15, -0.1) is 6.58 Å². The zero-order valence-corrected chi connectivity index (χ0v) is 17.0. The summed E-state index contributed by atoms with van der Waals surface area (Å²) in [7, 11) is -1.64. The average molecular weight is 365 g/mol. The first-order chi connectivity index (χ1) is 11.3. The second kappa shape index (κ2) is 14.0. The van der Waals surface area contributed by atoms with Gasteiger partial charge in [-0.1, -0.05) is 89.4 Å². The van der Waals surface area contributed by atoms with E-state index in [4.69, 9.17) is 0 Å². The van der Waals surface area contributed by atoms with E-state index in [1.54, 1.807) is 0 Å². The highest BCUT2D eigenvalue weighted by atomic mass is 28.3. The van der Waals surface area contributed by atoms with Crippen LogP contribution in [0.25, 0.3) is 0 Å². The standard InChI is InChI=1S/C20H39F3Si/c1-4-5-6-7-8-9-10-11-12-13-14-15-16-18-24(2,3)19-17-20(21,22)23/h4H,1,5-19H2,2-3H3. The number of hydrogen-bond acceptors (Lipinski definition) is 0. The van der Waals surface area contributed by atoms with E-state index in [1.165, 1.54) is 64.2 Å². The third kappa shape index (κ3) is 18.1. The minimum Gasteiger partial charge on any atom is -0.171 e. The van der Waals surface area contributed by atoms with Gasteiger partial charge in [0.2, 0.25) is 0 Å². The zero-order chi connectivity index (χ0) is 18.3. The molecule has 0 fully saturated rings. The van der Waals surface area contributed by atoms with Gasteiger partial charge >= 0.3 is 6.18 Å². The van der Waals surface area contributed by atoms with Gasteiger partial charge in [0.1, 0.15) is 0 Å². The summed E-state index contributed by atoms with van der Waals surface area (Å²) in [6, 6.07) is 1.44. The molecule has 0 aliphatic carbocycles. The van der Waals surface area contributed by atoms with E-state index in [1.807, 2.05) is 6.08 Å². The van der Waals surface area contributed by atoms with Crippen molar-refractivity contribution in [3.8, 4) is 0 Å². The smallest absolute Gasteiger partial charge is 0.171 e. The molecule has 4 heteroatoms. The summed E-state index contributed by atoms with van der Waals surface area (Å²) < 4.78 is 36.9. The lowest BCUT2D eigenvalue weighted by Gasteiger charge is -2.23. The van der Waals surface area contributed by atoms with Crippen LogP contribution in [0.5, 0.6) is 0 Å². The highest BCUT2D eigenvalue weighted by Crippen LogP contribution is 2.29. The van der Waals surface area contributed by atoms with E-state index < -0.39 is 20.7 Å². The van der Waals surface area contributed by atoms with Crippen LogP contribution in [0.2, 0.25) is 25.2 Å². The zero-order valence-electron chi connectivity index (χ0n) is 16.0. The van der Waals surface area contributed by atoms with Gasteiger partial charge < -0.3 is 0 Å². The number of halogens is 3. The molecule has 144 valence electrons. The van der Waals surface area contributed by atoms with Crippen LogP contribution in [-0.2, 0) is 0 Å². The molecule has 0 heterocycles. The van der Waals surface area contributed by atoms with Crippen LogP contribution in [0.15, 0.2) is 12.7 Å². The van der Waals surface area contributed by atoms with Crippen molar-refractivity contribution in [2.24, 2.45) is 0 Å². The molecule has 0 aromatic carbocycles. The Morgan fingerprint density at radius 3 is 1.54 bits per heavy atom. The molecule has 0 rings (SSSR count). The SMILES string of the molecule is C=CCCCCCCCCCCCCC[Si](C)(C)CCC(F)(F)F. The maximum Gasteiger partial charge on any atom is 0.388 e. The maximum atomic E-state index is 12.3. The van der Waals surface area contributed by atoms with Crippen LogP contribution in [0.3, 0.4) is 0 Å². The molecule has 0 aromatic rings. The Bertz CT molecular complexity index is 298. The molecule has 0 N–H and O–H groups in total. The summed E-state index contributed by atoms with van der Waals surface area (Å²) in [6.45, 7) is 7.95.